The van der Waals surface area contributed by atoms with E-state index in [0.29, 0.717) is 0 Å². The lowest BCUT2D eigenvalue weighted by molar-refractivity contribution is 0.0792. The molecule has 0 aliphatic heterocycles. The fraction of sp³-hybridized carbons (Fsp3) is 0.400. The second-order valence-electron chi connectivity index (χ2n) is 3.06. The SMILES string of the molecule is C[C@@H](O)c1ccc(F)cc1OCC(F)F. The van der Waals surface area contributed by atoms with E-state index in [2.05, 4.69) is 0 Å². The van der Waals surface area contributed by atoms with Crippen LogP contribution in [0.2, 0.25) is 0 Å². The van der Waals surface area contributed by atoms with Crippen LogP contribution in [0.25, 0.3) is 0 Å². The number of benzene rings is 1. The van der Waals surface area contributed by atoms with Crippen LogP contribution >= 0.6 is 0 Å². The van der Waals surface area contributed by atoms with Crippen molar-refractivity contribution in [2.45, 2.75) is 19.5 Å². The molecule has 0 saturated carbocycles. The van der Waals surface area contributed by atoms with Gasteiger partial charge in [-0.25, -0.2) is 13.2 Å². The molecule has 0 saturated heterocycles. The molecule has 1 N–H and O–H groups in total. The number of halogens is 3. The number of aliphatic hydroxyl groups is 1. The van der Waals surface area contributed by atoms with Crippen LogP contribution in [0.1, 0.15) is 18.6 Å². The largest absolute Gasteiger partial charge is 0.487 e. The van der Waals surface area contributed by atoms with Crippen LogP contribution in [0.3, 0.4) is 0 Å². The molecule has 0 aliphatic rings. The first-order valence-electron chi connectivity index (χ1n) is 4.39. The average molecular weight is 220 g/mol. The highest BCUT2D eigenvalue weighted by atomic mass is 19.3. The maximum absolute atomic E-state index is 12.8. The highest BCUT2D eigenvalue weighted by Gasteiger charge is 2.12. The summed E-state index contributed by atoms with van der Waals surface area (Å²) in [7, 11) is 0. The van der Waals surface area contributed by atoms with Gasteiger partial charge in [0.15, 0.2) is 0 Å². The third-order valence-electron chi connectivity index (χ3n) is 1.79. The summed E-state index contributed by atoms with van der Waals surface area (Å²) in [5.41, 5.74) is 0.289. The average Bonchev–Trinajstić information content (AvgIpc) is 2.14. The Morgan fingerprint density at radius 1 is 1.40 bits per heavy atom. The van der Waals surface area contributed by atoms with Crippen LogP contribution in [0.4, 0.5) is 13.2 Å². The van der Waals surface area contributed by atoms with Crippen LogP contribution in [0.5, 0.6) is 5.75 Å². The maximum Gasteiger partial charge on any atom is 0.272 e. The molecule has 15 heavy (non-hydrogen) atoms. The van der Waals surface area contributed by atoms with E-state index in [1.807, 2.05) is 0 Å². The summed E-state index contributed by atoms with van der Waals surface area (Å²) in [5, 5.41) is 9.27. The Labute approximate surface area is 85.3 Å². The number of hydrogen-bond acceptors (Lipinski definition) is 2. The minimum Gasteiger partial charge on any atom is -0.487 e. The van der Waals surface area contributed by atoms with Crippen molar-refractivity contribution in [3.63, 3.8) is 0 Å². The fourth-order valence-corrected chi connectivity index (χ4v) is 1.13. The molecule has 1 aromatic carbocycles. The fourth-order valence-electron chi connectivity index (χ4n) is 1.13. The van der Waals surface area contributed by atoms with Gasteiger partial charge in [0, 0.05) is 11.6 Å². The Hall–Kier alpha value is -1.23. The van der Waals surface area contributed by atoms with Crippen molar-refractivity contribution in [2.24, 2.45) is 0 Å². The van der Waals surface area contributed by atoms with Crippen LogP contribution in [-0.4, -0.2) is 18.1 Å². The number of ether oxygens (including phenoxy) is 1. The monoisotopic (exact) mass is 220 g/mol. The lowest BCUT2D eigenvalue weighted by Gasteiger charge is -2.13. The first-order valence-corrected chi connectivity index (χ1v) is 4.39. The molecule has 0 aromatic heterocycles. The molecule has 0 spiro atoms. The highest BCUT2D eigenvalue weighted by molar-refractivity contribution is 5.35. The molecule has 0 amide bonds. The molecule has 1 atom stereocenters. The molecule has 1 aromatic rings. The Kier molecular flexibility index (Phi) is 3.96. The first-order chi connectivity index (χ1) is 7.00. The normalized spacial score (nSPS) is 12.9. The first kappa shape index (κ1) is 11.8. The summed E-state index contributed by atoms with van der Waals surface area (Å²) in [6.45, 7) is 0.631. The standard InChI is InChI=1S/C10H11F3O2/c1-6(14)8-3-2-7(11)4-9(8)15-5-10(12)13/h2-4,6,10,14H,5H2,1H3/t6-/m1/s1. The van der Waals surface area contributed by atoms with Crippen molar-refractivity contribution in [3.05, 3.63) is 29.6 Å². The molecule has 0 radical (unpaired) electrons. The Morgan fingerprint density at radius 2 is 2.07 bits per heavy atom. The molecule has 1 rings (SSSR count). The maximum atomic E-state index is 12.8. The quantitative estimate of drug-likeness (QED) is 0.844. The van der Waals surface area contributed by atoms with Gasteiger partial charge >= 0.3 is 0 Å². The second-order valence-corrected chi connectivity index (χ2v) is 3.06. The van der Waals surface area contributed by atoms with Crippen molar-refractivity contribution in [3.8, 4) is 5.75 Å². The van der Waals surface area contributed by atoms with E-state index in [4.69, 9.17) is 4.74 Å². The molecular weight excluding hydrogens is 209 g/mol. The van der Waals surface area contributed by atoms with Crippen molar-refractivity contribution in [1.29, 1.82) is 0 Å². The second kappa shape index (κ2) is 5.02. The van der Waals surface area contributed by atoms with E-state index < -0.39 is 25.0 Å². The van der Waals surface area contributed by atoms with Crippen LogP contribution in [0, 0.1) is 5.82 Å². The van der Waals surface area contributed by atoms with Crippen LogP contribution in [-0.2, 0) is 0 Å². The molecule has 5 heteroatoms. The number of rotatable bonds is 4. The highest BCUT2D eigenvalue weighted by Crippen LogP contribution is 2.26. The Morgan fingerprint density at radius 3 is 2.60 bits per heavy atom. The molecule has 0 unspecified atom stereocenters. The van der Waals surface area contributed by atoms with Gasteiger partial charge in [-0.05, 0) is 19.1 Å². The lowest BCUT2D eigenvalue weighted by atomic mass is 10.1. The van der Waals surface area contributed by atoms with Gasteiger partial charge < -0.3 is 9.84 Å². The molecule has 84 valence electrons. The molecule has 0 bridgehead atoms. The smallest absolute Gasteiger partial charge is 0.272 e. The topological polar surface area (TPSA) is 29.5 Å². The molecule has 0 aliphatic carbocycles. The van der Waals surface area contributed by atoms with E-state index in [-0.39, 0.29) is 11.3 Å². The van der Waals surface area contributed by atoms with E-state index in [9.17, 15) is 18.3 Å². The van der Waals surface area contributed by atoms with Gasteiger partial charge in [0.05, 0.1) is 6.10 Å². The number of aliphatic hydroxyl groups excluding tert-OH is 1. The minimum atomic E-state index is -2.63. The summed E-state index contributed by atoms with van der Waals surface area (Å²) in [6.07, 6.45) is -3.52. The van der Waals surface area contributed by atoms with Crippen LogP contribution < -0.4 is 4.74 Å². The van der Waals surface area contributed by atoms with Gasteiger partial charge in [-0.3, -0.25) is 0 Å². The predicted molar refractivity (Wildman–Crippen MR) is 48.5 cm³/mol. The van der Waals surface area contributed by atoms with E-state index in [0.717, 1.165) is 12.1 Å². The zero-order valence-corrected chi connectivity index (χ0v) is 8.08. The lowest BCUT2D eigenvalue weighted by Crippen LogP contribution is -2.09. The predicted octanol–water partition coefficient (Wildman–Crippen LogP) is 2.52. The minimum absolute atomic E-state index is 0.0506. The Balaban J connectivity index is 2.87. The summed E-state index contributed by atoms with van der Waals surface area (Å²) in [6, 6.07) is 3.42. The third-order valence-corrected chi connectivity index (χ3v) is 1.79. The summed E-state index contributed by atoms with van der Waals surface area (Å²) in [5.74, 6) is -0.644. The van der Waals surface area contributed by atoms with Gasteiger partial charge in [-0.2, -0.15) is 0 Å². The third kappa shape index (κ3) is 3.43. The van der Waals surface area contributed by atoms with Crippen molar-refractivity contribution < 1.29 is 23.0 Å². The van der Waals surface area contributed by atoms with Gasteiger partial charge in [-0.1, -0.05) is 0 Å². The van der Waals surface area contributed by atoms with E-state index >= 15 is 0 Å². The van der Waals surface area contributed by atoms with E-state index in [1.165, 1.54) is 13.0 Å². The van der Waals surface area contributed by atoms with Gasteiger partial charge in [0.2, 0.25) is 0 Å². The molecular formula is C10H11F3O2. The van der Waals surface area contributed by atoms with Gasteiger partial charge in [0.25, 0.3) is 6.43 Å². The van der Waals surface area contributed by atoms with Crippen molar-refractivity contribution >= 4 is 0 Å². The number of alkyl halides is 2. The van der Waals surface area contributed by atoms with Crippen molar-refractivity contribution in [1.82, 2.24) is 0 Å². The van der Waals surface area contributed by atoms with Gasteiger partial charge in [-0.15, -0.1) is 0 Å². The summed E-state index contributed by atoms with van der Waals surface area (Å²) >= 11 is 0. The Bertz CT molecular complexity index is 326. The molecule has 0 heterocycles. The zero-order valence-electron chi connectivity index (χ0n) is 8.08. The van der Waals surface area contributed by atoms with Gasteiger partial charge in [0.1, 0.15) is 18.2 Å². The molecule has 0 fully saturated rings. The van der Waals surface area contributed by atoms with Crippen molar-refractivity contribution in [2.75, 3.05) is 6.61 Å². The number of hydrogen-bond donors (Lipinski definition) is 1. The van der Waals surface area contributed by atoms with E-state index in [1.54, 1.807) is 0 Å². The zero-order chi connectivity index (χ0) is 11.4. The summed E-state index contributed by atoms with van der Waals surface area (Å²) in [4.78, 5) is 0. The molecule has 2 nitrogen and oxygen atoms in total. The van der Waals surface area contributed by atoms with Crippen LogP contribution in [0.15, 0.2) is 18.2 Å². The summed E-state index contributed by atoms with van der Waals surface area (Å²) < 4.78 is 41.2.